The molecule has 16 heavy (non-hydrogen) atoms. The van der Waals surface area contributed by atoms with Gasteiger partial charge in [0, 0.05) is 25.4 Å². The smallest absolute Gasteiger partial charge is 0.308 e. The van der Waals surface area contributed by atoms with Crippen LogP contribution in [-0.2, 0) is 9.53 Å². The molecule has 0 aromatic carbocycles. The number of nitrogens with one attached hydrogen (secondary N) is 1. The maximum absolute atomic E-state index is 12.8. The molecule has 0 spiro atoms. The minimum Gasteiger partial charge on any atom is -0.464 e. The molecule has 1 unspecified atom stereocenters. The summed E-state index contributed by atoms with van der Waals surface area (Å²) in [5.74, 6) is -2.54. The number of halogens is 2. The second-order valence-electron chi connectivity index (χ2n) is 4.69. The molecule has 0 aromatic rings. The minimum atomic E-state index is -2.51. The Hall–Kier alpha value is -0.710. The molecule has 5 heteroatoms. The number of carbonyl (C=O) groups excluding carboxylic acids is 1. The average molecular weight is 233 g/mol. The van der Waals surface area contributed by atoms with Crippen LogP contribution < -0.4 is 5.32 Å². The zero-order valence-electron chi connectivity index (χ0n) is 9.18. The lowest BCUT2D eigenvalue weighted by atomic mass is 10.2. The summed E-state index contributed by atoms with van der Waals surface area (Å²) in [4.78, 5) is 11.1. The van der Waals surface area contributed by atoms with Gasteiger partial charge in [-0.1, -0.05) is 0 Å². The molecule has 0 radical (unpaired) electrons. The Morgan fingerprint density at radius 2 is 2.12 bits per heavy atom. The van der Waals surface area contributed by atoms with Crippen LogP contribution in [0.5, 0.6) is 0 Å². The third-order valence-electron chi connectivity index (χ3n) is 3.09. The fourth-order valence-corrected chi connectivity index (χ4v) is 1.98. The van der Waals surface area contributed by atoms with Crippen LogP contribution in [0, 0.1) is 5.92 Å². The fourth-order valence-electron chi connectivity index (χ4n) is 1.98. The summed E-state index contributed by atoms with van der Waals surface area (Å²) < 4.78 is 30.6. The summed E-state index contributed by atoms with van der Waals surface area (Å²) in [5.41, 5.74) is 0. The van der Waals surface area contributed by atoms with Gasteiger partial charge in [0.15, 0.2) is 0 Å². The molecule has 0 aliphatic heterocycles. The Labute approximate surface area is 93.5 Å². The van der Waals surface area contributed by atoms with Gasteiger partial charge in [0.05, 0.1) is 5.92 Å². The molecule has 0 bridgehead atoms. The predicted octanol–water partition coefficient (Wildman–Crippen LogP) is 1.72. The first kappa shape index (κ1) is 11.8. The highest BCUT2D eigenvalue weighted by atomic mass is 19.3. The Morgan fingerprint density at radius 3 is 2.69 bits per heavy atom. The highest BCUT2D eigenvalue weighted by molar-refractivity contribution is 5.74. The first-order valence-electron chi connectivity index (χ1n) is 5.85. The zero-order valence-corrected chi connectivity index (χ0v) is 9.18. The lowest BCUT2D eigenvalue weighted by Crippen LogP contribution is -2.31. The number of ether oxygens (including phenoxy) is 1. The van der Waals surface area contributed by atoms with Gasteiger partial charge in [-0.2, -0.15) is 0 Å². The van der Waals surface area contributed by atoms with Crippen LogP contribution >= 0.6 is 0 Å². The predicted molar refractivity (Wildman–Crippen MR) is 54.3 cm³/mol. The molecular weight excluding hydrogens is 216 g/mol. The van der Waals surface area contributed by atoms with E-state index >= 15 is 0 Å². The van der Waals surface area contributed by atoms with Crippen molar-refractivity contribution >= 4 is 5.97 Å². The monoisotopic (exact) mass is 233 g/mol. The van der Waals surface area contributed by atoms with Crippen molar-refractivity contribution in [3.63, 3.8) is 0 Å². The van der Waals surface area contributed by atoms with Gasteiger partial charge in [-0.15, -0.1) is 0 Å². The molecule has 2 aliphatic carbocycles. The molecule has 1 N–H and O–H groups in total. The van der Waals surface area contributed by atoms with Crippen molar-refractivity contribution in [3.05, 3.63) is 0 Å². The third kappa shape index (κ3) is 3.40. The highest BCUT2D eigenvalue weighted by Crippen LogP contribution is 2.34. The van der Waals surface area contributed by atoms with Crippen molar-refractivity contribution in [3.8, 4) is 0 Å². The van der Waals surface area contributed by atoms with E-state index < -0.39 is 5.92 Å². The molecule has 3 nitrogen and oxygen atoms in total. The van der Waals surface area contributed by atoms with Gasteiger partial charge < -0.3 is 10.1 Å². The number of rotatable bonds is 5. The zero-order chi connectivity index (χ0) is 11.6. The maximum atomic E-state index is 12.8. The van der Waals surface area contributed by atoms with E-state index in [0.717, 1.165) is 12.8 Å². The highest BCUT2D eigenvalue weighted by Gasteiger charge is 2.39. The largest absolute Gasteiger partial charge is 0.464 e. The Bertz CT molecular complexity index is 267. The molecule has 0 saturated heterocycles. The van der Waals surface area contributed by atoms with E-state index in [1.807, 2.05) is 0 Å². The number of carbonyl (C=O) groups is 1. The lowest BCUT2D eigenvalue weighted by Gasteiger charge is -2.12. The molecule has 92 valence electrons. The molecule has 0 heterocycles. The number of alkyl halides is 2. The van der Waals surface area contributed by atoms with Gasteiger partial charge in [0.25, 0.3) is 0 Å². The van der Waals surface area contributed by atoms with Crippen molar-refractivity contribution < 1.29 is 18.3 Å². The Balaban J connectivity index is 1.53. The van der Waals surface area contributed by atoms with E-state index in [-0.39, 0.29) is 37.4 Å². The molecule has 0 amide bonds. The summed E-state index contributed by atoms with van der Waals surface area (Å²) in [6.45, 7) is 0.761. The van der Waals surface area contributed by atoms with Crippen LogP contribution in [0.25, 0.3) is 0 Å². The molecule has 1 atom stereocenters. The van der Waals surface area contributed by atoms with Gasteiger partial charge in [-0.05, 0) is 19.3 Å². The lowest BCUT2D eigenvalue weighted by molar-refractivity contribution is -0.145. The average Bonchev–Trinajstić information content (AvgIpc) is 2.99. The van der Waals surface area contributed by atoms with Crippen molar-refractivity contribution in [2.45, 2.75) is 44.1 Å². The van der Waals surface area contributed by atoms with Crippen LogP contribution in [0.3, 0.4) is 0 Å². The molecule has 2 aliphatic rings. The van der Waals surface area contributed by atoms with Crippen LogP contribution in [0.15, 0.2) is 0 Å². The third-order valence-corrected chi connectivity index (χ3v) is 3.09. The molecular formula is C11H17F2NO2. The van der Waals surface area contributed by atoms with Crippen LogP contribution in [0.4, 0.5) is 8.78 Å². The quantitative estimate of drug-likeness (QED) is 0.580. The van der Waals surface area contributed by atoms with Gasteiger partial charge in [-0.25, -0.2) is 8.78 Å². The summed E-state index contributed by atoms with van der Waals surface area (Å²) in [5, 5.41) is 2.99. The number of esters is 1. The van der Waals surface area contributed by atoms with E-state index in [0.29, 0.717) is 13.0 Å². The van der Waals surface area contributed by atoms with Gasteiger partial charge in [-0.3, -0.25) is 4.79 Å². The summed E-state index contributed by atoms with van der Waals surface area (Å²) in [6.07, 6.45) is 2.24. The van der Waals surface area contributed by atoms with E-state index in [2.05, 4.69) is 5.32 Å². The van der Waals surface area contributed by atoms with Crippen LogP contribution in [0.2, 0.25) is 0 Å². The normalized spacial score (nSPS) is 28.0. The first-order valence-corrected chi connectivity index (χ1v) is 5.85. The van der Waals surface area contributed by atoms with E-state index in [1.54, 1.807) is 0 Å². The second kappa shape index (κ2) is 4.65. The first-order chi connectivity index (χ1) is 7.57. The number of hydrogen-bond acceptors (Lipinski definition) is 3. The van der Waals surface area contributed by atoms with E-state index in [4.69, 9.17) is 4.74 Å². The van der Waals surface area contributed by atoms with Crippen molar-refractivity contribution in [2.24, 2.45) is 5.92 Å². The second-order valence-corrected chi connectivity index (χ2v) is 4.69. The van der Waals surface area contributed by atoms with Crippen molar-refractivity contribution in [1.82, 2.24) is 5.32 Å². The van der Waals surface area contributed by atoms with E-state index in [1.165, 1.54) is 0 Å². The van der Waals surface area contributed by atoms with Gasteiger partial charge >= 0.3 is 5.97 Å². The summed E-state index contributed by atoms with van der Waals surface area (Å²) in [7, 11) is 0. The minimum absolute atomic E-state index is 0.0352. The van der Waals surface area contributed by atoms with Crippen LogP contribution in [-0.4, -0.2) is 31.1 Å². The molecule has 2 rings (SSSR count). The Morgan fingerprint density at radius 1 is 1.38 bits per heavy atom. The summed E-state index contributed by atoms with van der Waals surface area (Å²) >= 11 is 0. The van der Waals surface area contributed by atoms with Crippen molar-refractivity contribution in [2.75, 3.05) is 13.2 Å². The molecule has 2 saturated carbocycles. The standard InChI is InChI=1S/C11H17F2NO2/c12-11(13)4-3-9(7-11)14-5-6-16-10(15)8-1-2-8/h8-9,14H,1-7H2. The van der Waals surface area contributed by atoms with E-state index in [9.17, 15) is 13.6 Å². The Kier molecular flexibility index (Phi) is 3.42. The summed E-state index contributed by atoms with van der Waals surface area (Å²) in [6, 6.07) is -0.130. The van der Waals surface area contributed by atoms with Gasteiger partial charge in [0.1, 0.15) is 6.61 Å². The SMILES string of the molecule is O=C(OCCNC1CCC(F)(F)C1)C1CC1. The van der Waals surface area contributed by atoms with Gasteiger partial charge in [0.2, 0.25) is 5.92 Å². The van der Waals surface area contributed by atoms with Crippen molar-refractivity contribution in [1.29, 1.82) is 0 Å². The fraction of sp³-hybridized carbons (Fsp3) is 0.909. The number of hydrogen-bond donors (Lipinski definition) is 1. The maximum Gasteiger partial charge on any atom is 0.308 e. The van der Waals surface area contributed by atoms with Crippen LogP contribution in [0.1, 0.15) is 32.1 Å². The molecule has 2 fully saturated rings. The topological polar surface area (TPSA) is 38.3 Å². The molecule has 0 aromatic heterocycles.